The first kappa shape index (κ1) is 9.99. The van der Waals surface area contributed by atoms with Gasteiger partial charge in [0.15, 0.2) is 0 Å². The lowest BCUT2D eigenvalue weighted by Gasteiger charge is -2.14. The van der Waals surface area contributed by atoms with Crippen molar-refractivity contribution in [3.8, 4) is 0 Å². The monoisotopic (exact) mass is 179 g/mol. The molecule has 13 heavy (non-hydrogen) atoms. The Bertz CT molecular complexity index is 265. The molecule has 1 heterocycles. The van der Waals surface area contributed by atoms with Crippen molar-refractivity contribution in [1.82, 2.24) is 14.9 Å². The molecule has 3 nitrogen and oxygen atoms in total. The molecule has 1 aromatic rings. The Labute approximate surface area is 79.5 Å². The summed E-state index contributed by atoms with van der Waals surface area (Å²) in [5, 5.41) is 3.25. The molecule has 1 aromatic heterocycles. The Morgan fingerprint density at radius 3 is 3.00 bits per heavy atom. The smallest absolute Gasteiger partial charge is 0.125 e. The second kappa shape index (κ2) is 4.82. The van der Waals surface area contributed by atoms with E-state index >= 15 is 0 Å². The van der Waals surface area contributed by atoms with Crippen molar-refractivity contribution in [3.63, 3.8) is 0 Å². The molecule has 0 aromatic carbocycles. The van der Waals surface area contributed by atoms with Gasteiger partial charge in [-0.3, -0.25) is 0 Å². The van der Waals surface area contributed by atoms with Crippen molar-refractivity contribution in [1.29, 1.82) is 0 Å². The molecule has 0 fully saturated rings. The van der Waals surface area contributed by atoms with Gasteiger partial charge in [0.1, 0.15) is 5.82 Å². The maximum atomic E-state index is 4.31. The van der Waals surface area contributed by atoms with Crippen LogP contribution in [0.2, 0.25) is 0 Å². The van der Waals surface area contributed by atoms with Crippen LogP contribution in [-0.2, 0) is 7.05 Å². The van der Waals surface area contributed by atoms with Crippen LogP contribution in [0, 0.1) is 0 Å². The van der Waals surface area contributed by atoms with Crippen LogP contribution in [0.4, 0.5) is 0 Å². The van der Waals surface area contributed by atoms with Crippen molar-refractivity contribution < 1.29 is 0 Å². The lowest BCUT2D eigenvalue weighted by molar-refractivity contribution is 0.509. The Morgan fingerprint density at radius 2 is 2.54 bits per heavy atom. The molecule has 0 saturated carbocycles. The van der Waals surface area contributed by atoms with E-state index in [1.807, 2.05) is 37.1 Å². The Balaban J connectivity index is 2.66. The van der Waals surface area contributed by atoms with Gasteiger partial charge >= 0.3 is 0 Å². The summed E-state index contributed by atoms with van der Waals surface area (Å²) < 4.78 is 2.05. The van der Waals surface area contributed by atoms with E-state index in [1.165, 1.54) is 0 Å². The molecule has 0 saturated heterocycles. The van der Waals surface area contributed by atoms with Gasteiger partial charge in [0.25, 0.3) is 0 Å². The average molecular weight is 179 g/mol. The predicted octanol–water partition coefficient (Wildman–Crippen LogP) is 1.65. The number of aryl methyl sites for hydroxylation is 1. The lowest BCUT2D eigenvalue weighted by atomic mass is 10.1. The first-order valence-electron chi connectivity index (χ1n) is 4.55. The summed E-state index contributed by atoms with van der Waals surface area (Å²) in [5.41, 5.74) is 0. The van der Waals surface area contributed by atoms with Crippen molar-refractivity contribution in [2.75, 3.05) is 7.05 Å². The number of rotatable bonds is 5. The summed E-state index contributed by atoms with van der Waals surface area (Å²) in [6, 6.07) is 0.331. The molecule has 0 aliphatic heterocycles. The Kier molecular flexibility index (Phi) is 3.71. The molecule has 0 aliphatic rings. The zero-order valence-electron chi connectivity index (χ0n) is 8.33. The van der Waals surface area contributed by atoms with Gasteiger partial charge in [-0.1, -0.05) is 6.08 Å². The number of nitrogens with zero attached hydrogens (tertiary/aromatic N) is 2. The molecule has 1 atom stereocenters. The molecule has 1 N–H and O–H groups in total. The first-order valence-corrected chi connectivity index (χ1v) is 4.55. The number of imidazole rings is 1. The summed E-state index contributed by atoms with van der Waals surface area (Å²) in [6.07, 6.45) is 7.79. The van der Waals surface area contributed by atoms with Crippen LogP contribution in [0.25, 0.3) is 0 Å². The van der Waals surface area contributed by atoms with E-state index in [0.29, 0.717) is 6.04 Å². The lowest BCUT2D eigenvalue weighted by Crippen LogP contribution is -2.19. The summed E-state index contributed by atoms with van der Waals surface area (Å²) in [6.45, 7) is 3.72. The molecule has 0 aliphatic carbocycles. The zero-order valence-corrected chi connectivity index (χ0v) is 8.33. The number of hydrogen-bond acceptors (Lipinski definition) is 2. The molecule has 0 bridgehead atoms. The van der Waals surface area contributed by atoms with Crippen LogP contribution in [0.1, 0.15) is 24.7 Å². The molecule has 1 rings (SSSR count). The third kappa shape index (κ3) is 2.42. The molecule has 72 valence electrons. The van der Waals surface area contributed by atoms with Crippen LogP contribution < -0.4 is 5.32 Å². The van der Waals surface area contributed by atoms with E-state index in [2.05, 4.69) is 16.9 Å². The number of nitrogens with one attached hydrogen (secondary N) is 1. The molecule has 0 radical (unpaired) electrons. The second-order valence-corrected chi connectivity index (χ2v) is 3.10. The maximum absolute atomic E-state index is 4.31. The molecule has 3 heteroatoms. The van der Waals surface area contributed by atoms with E-state index in [0.717, 1.165) is 18.7 Å². The maximum Gasteiger partial charge on any atom is 0.125 e. The van der Waals surface area contributed by atoms with Gasteiger partial charge in [0.2, 0.25) is 0 Å². The van der Waals surface area contributed by atoms with Gasteiger partial charge in [-0.25, -0.2) is 4.98 Å². The summed E-state index contributed by atoms with van der Waals surface area (Å²) in [4.78, 5) is 4.31. The standard InChI is InChI=1S/C10H17N3/c1-4-5-6-9(11-2)10-12-7-8-13(10)3/h4,7-9,11H,1,5-6H2,2-3H3. The highest BCUT2D eigenvalue weighted by Gasteiger charge is 2.11. The van der Waals surface area contributed by atoms with E-state index in [1.54, 1.807) is 0 Å². The zero-order chi connectivity index (χ0) is 9.68. The van der Waals surface area contributed by atoms with Crippen molar-refractivity contribution in [2.24, 2.45) is 7.05 Å². The van der Waals surface area contributed by atoms with Crippen LogP contribution in [0.15, 0.2) is 25.0 Å². The minimum absolute atomic E-state index is 0.331. The van der Waals surface area contributed by atoms with Crippen molar-refractivity contribution in [2.45, 2.75) is 18.9 Å². The Morgan fingerprint density at radius 1 is 1.77 bits per heavy atom. The number of hydrogen-bond donors (Lipinski definition) is 1. The SMILES string of the molecule is C=CCCC(NC)c1nccn1C. The van der Waals surface area contributed by atoms with Gasteiger partial charge in [-0.15, -0.1) is 6.58 Å². The van der Waals surface area contributed by atoms with Crippen LogP contribution in [0.5, 0.6) is 0 Å². The van der Waals surface area contributed by atoms with Gasteiger partial charge in [-0.2, -0.15) is 0 Å². The second-order valence-electron chi connectivity index (χ2n) is 3.10. The third-order valence-electron chi connectivity index (χ3n) is 2.18. The van der Waals surface area contributed by atoms with Gasteiger partial charge in [-0.05, 0) is 19.9 Å². The number of aromatic nitrogens is 2. The van der Waals surface area contributed by atoms with Gasteiger partial charge in [0.05, 0.1) is 6.04 Å². The first-order chi connectivity index (χ1) is 6.29. The van der Waals surface area contributed by atoms with E-state index < -0.39 is 0 Å². The molecular formula is C10H17N3. The highest BCUT2D eigenvalue weighted by molar-refractivity contribution is 4.98. The average Bonchev–Trinajstić information content (AvgIpc) is 2.54. The van der Waals surface area contributed by atoms with Crippen molar-refractivity contribution in [3.05, 3.63) is 30.9 Å². The molecular weight excluding hydrogens is 162 g/mol. The Hall–Kier alpha value is -1.09. The van der Waals surface area contributed by atoms with Crippen LogP contribution >= 0.6 is 0 Å². The van der Waals surface area contributed by atoms with Crippen LogP contribution in [0.3, 0.4) is 0 Å². The fraction of sp³-hybridized carbons (Fsp3) is 0.500. The summed E-state index contributed by atoms with van der Waals surface area (Å²) in [5.74, 6) is 1.09. The minimum Gasteiger partial charge on any atom is -0.337 e. The third-order valence-corrected chi connectivity index (χ3v) is 2.18. The largest absolute Gasteiger partial charge is 0.337 e. The molecule has 1 unspecified atom stereocenters. The fourth-order valence-corrected chi connectivity index (χ4v) is 1.40. The normalized spacial score (nSPS) is 12.8. The van der Waals surface area contributed by atoms with Crippen molar-refractivity contribution >= 4 is 0 Å². The highest BCUT2D eigenvalue weighted by atomic mass is 15.1. The van der Waals surface area contributed by atoms with E-state index in [9.17, 15) is 0 Å². The van der Waals surface area contributed by atoms with Gasteiger partial charge in [0, 0.05) is 19.4 Å². The summed E-state index contributed by atoms with van der Waals surface area (Å²) in [7, 11) is 3.98. The van der Waals surface area contributed by atoms with Crippen LogP contribution in [-0.4, -0.2) is 16.6 Å². The van der Waals surface area contributed by atoms with Gasteiger partial charge < -0.3 is 9.88 Å². The molecule has 0 amide bonds. The minimum atomic E-state index is 0.331. The molecule has 0 spiro atoms. The fourth-order valence-electron chi connectivity index (χ4n) is 1.40. The number of allylic oxidation sites excluding steroid dienone is 1. The highest BCUT2D eigenvalue weighted by Crippen LogP contribution is 2.15. The quantitative estimate of drug-likeness (QED) is 0.696. The van der Waals surface area contributed by atoms with E-state index in [4.69, 9.17) is 0 Å². The predicted molar refractivity (Wildman–Crippen MR) is 54.4 cm³/mol. The summed E-state index contributed by atoms with van der Waals surface area (Å²) >= 11 is 0. The topological polar surface area (TPSA) is 29.9 Å². The van der Waals surface area contributed by atoms with E-state index in [-0.39, 0.29) is 0 Å².